The molecule has 1 aliphatic heterocycles. The first-order chi connectivity index (χ1) is 11.3. The molecule has 4 rings (SSSR count). The number of aromatic nitrogens is 3. The molecule has 0 atom stereocenters. The van der Waals surface area contributed by atoms with Crippen LogP contribution in [0.5, 0.6) is 23.0 Å². The summed E-state index contributed by atoms with van der Waals surface area (Å²) in [5, 5.41) is 22.2. The Labute approximate surface area is 159 Å². The van der Waals surface area contributed by atoms with Crippen LogP contribution >= 0.6 is 0 Å². The molecule has 1 N–H and O–H groups in total. The van der Waals surface area contributed by atoms with Gasteiger partial charge in [0.25, 0.3) is 0 Å². The summed E-state index contributed by atoms with van der Waals surface area (Å²) in [6.45, 7) is 0.159. The molecule has 3 aromatic rings. The van der Waals surface area contributed by atoms with E-state index in [4.69, 9.17) is 14.2 Å². The first-order valence-electron chi connectivity index (χ1n) is 6.93. The van der Waals surface area contributed by atoms with Crippen LogP contribution in [0.2, 0.25) is 0 Å². The number of hydrogen-bond acceptors (Lipinski definition) is 6. The van der Waals surface area contributed by atoms with E-state index in [1.165, 1.54) is 12.1 Å². The minimum Gasteiger partial charge on any atom is -0.872 e. The second-order valence-corrected chi connectivity index (χ2v) is 4.97. The Morgan fingerprint density at radius 1 is 1.12 bits per heavy atom. The first kappa shape index (κ1) is 16.6. The van der Waals surface area contributed by atoms with Crippen LogP contribution in [0.1, 0.15) is 0 Å². The van der Waals surface area contributed by atoms with Gasteiger partial charge < -0.3 is 19.3 Å². The number of hydrogen-bond donors (Lipinski definition) is 1. The number of rotatable bonds is 3. The van der Waals surface area contributed by atoms with E-state index in [0.717, 1.165) is 11.1 Å². The Kier molecular flexibility index (Phi) is 4.66. The number of fused-ring (bicyclic) bond motifs is 1. The summed E-state index contributed by atoms with van der Waals surface area (Å²) in [6.07, 6.45) is 0. The molecule has 0 unspecified atom stereocenters. The van der Waals surface area contributed by atoms with Gasteiger partial charge in [-0.25, -0.2) is 0 Å². The largest absolute Gasteiger partial charge is 1.00 e. The molecule has 0 radical (unpaired) electrons. The third-order valence-electron chi connectivity index (χ3n) is 3.62. The standard InChI is InChI=1S/C16H13N3O4.Na/c1-21-12-6-10(7-13-16(12)23-8-22-13)15-14(17-19-18-15)9-2-4-11(20)5-3-9;/h2-7,20H,8H2,1H3,(H,17,18,19);/q;+1/p-1. The number of methoxy groups -OCH3 is 1. The van der Waals surface area contributed by atoms with Crippen molar-refractivity contribution in [2.24, 2.45) is 0 Å². The topological polar surface area (TPSA) is 92.3 Å². The van der Waals surface area contributed by atoms with E-state index in [9.17, 15) is 5.11 Å². The molecule has 24 heavy (non-hydrogen) atoms. The monoisotopic (exact) mass is 333 g/mol. The smallest absolute Gasteiger partial charge is 0.872 e. The Balaban J connectivity index is 0.00000169. The molecule has 2 heterocycles. The molecule has 2 aromatic carbocycles. The summed E-state index contributed by atoms with van der Waals surface area (Å²) in [4.78, 5) is 0. The van der Waals surface area contributed by atoms with Gasteiger partial charge in [-0.2, -0.15) is 0 Å². The molecule has 0 bridgehead atoms. The molecule has 8 heteroatoms. The molecule has 116 valence electrons. The van der Waals surface area contributed by atoms with Crippen molar-refractivity contribution in [3.63, 3.8) is 0 Å². The van der Waals surface area contributed by atoms with Crippen LogP contribution in [0, 0.1) is 0 Å². The van der Waals surface area contributed by atoms with Gasteiger partial charge in [-0.1, -0.05) is 29.5 Å². The summed E-state index contributed by atoms with van der Waals surface area (Å²) < 4.78 is 16.2. The maximum atomic E-state index is 11.3. The summed E-state index contributed by atoms with van der Waals surface area (Å²) >= 11 is 0. The molecular weight excluding hydrogens is 321 g/mol. The number of benzene rings is 2. The Bertz CT molecular complexity index is 864. The summed E-state index contributed by atoms with van der Waals surface area (Å²) in [6, 6.07) is 10.1. The van der Waals surface area contributed by atoms with Crippen LogP contribution in [-0.2, 0) is 0 Å². The van der Waals surface area contributed by atoms with E-state index in [-0.39, 0.29) is 42.1 Å². The first-order valence-corrected chi connectivity index (χ1v) is 6.93. The fourth-order valence-electron chi connectivity index (χ4n) is 2.52. The van der Waals surface area contributed by atoms with E-state index in [2.05, 4.69) is 15.4 Å². The average Bonchev–Trinajstić information content (AvgIpc) is 3.23. The predicted molar refractivity (Wildman–Crippen MR) is 79.4 cm³/mol. The normalized spacial score (nSPS) is 11.9. The molecule has 1 aliphatic rings. The van der Waals surface area contributed by atoms with Crippen molar-refractivity contribution in [3.05, 3.63) is 36.4 Å². The van der Waals surface area contributed by atoms with E-state index in [1.54, 1.807) is 19.2 Å². The van der Waals surface area contributed by atoms with Crippen LogP contribution in [0.15, 0.2) is 36.4 Å². The van der Waals surface area contributed by atoms with Crippen molar-refractivity contribution in [2.45, 2.75) is 0 Å². The van der Waals surface area contributed by atoms with Gasteiger partial charge in [-0.05, 0) is 12.1 Å². The van der Waals surface area contributed by atoms with E-state index in [1.807, 2.05) is 12.1 Å². The zero-order chi connectivity index (χ0) is 15.8. The van der Waals surface area contributed by atoms with E-state index < -0.39 is 0 Å². The number of H-pyrrole nitrogens is 1. The van der Waals surface area contributed by atoms with Gasteiger partial charge in [0.15, 0.2) is 11.5 Å². The zero-order valence-corrected chi connectivity index (χ0v) is 15.2. The Morgan fingerprint density at radius 3 is 2.67 bits per heavy atom. The fraction of sp³-hybridized carbons (Fsp3) is 0.125. The molecule has 1 aromatic heterocycles. The van der Waals surface area contributed by atoms with Crippen molar-refractivity contribution < 1.29 is 48.9 Å². The summed E-state index contributed by atoms with van der Waals surface area (Å²) in [7, 11) is 1.57. The molecule has 0 saturated heterocycles. The van der Waals surface area contributed by atoms with Crippen molar-refractivity contribution in [1.82, 2.24) is 15.4 Å². The molecular formula is C16H12N3NaO4. The zero-order valence-electron chi connectivity index (χ0n) is 13.2. The Hall–Kier alpha value is -2.22. The van der Waals surface area contributed by atoms with Crippen molar-refractivity contribution in [1.29, 1.82) is 0 Å². The average molecular weight is 333 g/mol. The van der Waals surface area contributed by atoms with Gasteiger partial charge in [0.1, 0.15) is 5.69 Å². The molecule has 0 amide bonds. The second-order valence-electron chi connectivity index (χ2n) is 4.97. The Morgan fingerprint density at radius 2 is 1.92 bits per heavy atom. The third kappa shape index (κ3) is 2.82. The molecule has 0 aliphatic carbocycles. The summed E-state index contributed by atoms with van der Waals surface area (Å²) in [5.74, 6) is 1.70. The molecule has 0 saturated carbocycles. The maximum absolute atomic E-state index is 11.3. The molecule has 0 spiro atoms. The van der Waals surface area contributed by atoms with Gasteiger partial charge in [-0.3, -0.25) is 5.10 Å². The van der Waals surface area contributed by atoms with E-state index >= 15 is 0 Å². The second kappa shape index (κ2) is 6.72. The van der Waals surface area contributed by atoms with Crippen LogP contribution < -0.4 is 48.9 Å². The number of nitrogens with one attached hydrogen (secondary N) is 1. The van der Waals surface area contributed by atoms with Crippen LogP contribution in [-0.4, -0.2) is 29.3 Å². The van der Waals surface area contributed by atoms with E-state index in [0.29, 0.717) is 28.6 Å². The fourth-order valence-corrected chi connectivity index (χ4v) is 2.52. The van der Waals surface area contributed by atoms with Crippen molar-refractivity contribution >= 4 is 0 Å². The number of nitrogens with zero attached hydrogens (tertiary/aromatic N) is 2. The van der Waals surface area contributed by atoms with Crippen LogP contribution in [0.25, 0.3) is 22.5 Å². The SMILES string of the molecule is COc1cc(-c2nn[nH]c2-c2ccc([O-])cc2)cc2c1OCO2.[Na+]. The molecule has 0 fully saturated rings. The van der Waals surface area contributed by atoms with Gasteiger partial charge in [-0.15, -0.1) is 10.8 Å². The minimum atomic E-state index is -0.0486. The predicted octanol–water partition coefficient (Wildman–Crippen LogP) is -1.05. The van der Waals surface area contributed by atoms with Crippen molar-refractivity contribution in [3.8, 4) is 45.5 Å². The number of ether oxygens (including phenoxy) is 3. The van der Waals surface area contributed by atoms with Crippen LogP contribution in [0.3, 0.4) is 0 Å². The van der Waals surface area contributed by atoms with Gasteiger partial charge >= 0.3 is 29.6 Å². The van der Waals surface area contributed by atoms with Gasteiger partial charge in [0.05, 0.1) is 12.8 Å². The van der Waals surface area contributed by atoms with Gasteiger partial charge in [0.2, 0.25) is 12.5 Å². The third-order valence-corrected chi connectivity index (χ3v) is 3.62. The van der Waals surface area contributed by atoms with Crippen LogP contribution in [0.4, 0.5) is 0 Å². The maximum Gasteiger partial charge on any atom is 1.00 e. The van der Waals surface area contributed by atoms with Gasteiger partial charge in [0, 0.05) is 11.1 Å². The molecule has 7 nitrogen and oxygen atoms in total. The number of aromatic amines is 1. The summed E-state index contributed by atoms with van der Waals surface area (Å²) in [5.41, 5.74) is 2.95. The quantitative estimate of drug-likeness (QED) is 0.615. The van der Waals surface area contributed by atoms with Crippen molar-refractivity contribution in [2.75, 3.05) is 13.9 Å². The minimum absolute atomic E-state index is 0.